The molecular formula is C10H21NO2. The van der Waals surface area contributed by atoms with Gasteiger partial charge in [-0.15, -0.1) is 0 Å². The standard InChI is InChI=1S/C10H21NO2/c1-3-5-7-12-9-10(11)13-8-6-4-2/h11H,3-9H2,1-2H3. The van der Waals surface area contributed by atoms with Crippen LogP contribution < -0.4 is 0 Å². The molecule has 0 aromatic heterocycles. The van der Waals surface area contributed by atoms with E-state index in [-0.39, 0.29) is 5.90 Å². The molecule has 0 unspecified atom stereocenters. The quantitative estimate of drug-likeness (QED) is 0.360. The first kappa shape index (κ1) is 12.4. The van der Waals surface area contributed by atoms with E-state index in [4.69, 9.17) is 14.9 Å². The Morgan fingerprint density at radius 3 is 2.31 bits per heavy atom. The van der Waals surface area contributed by atoms with Crippen molar-refractivity contribution in [1.82, 2.24) is 0 Å². The average molecular weight is 187 g/mol. The molecule has 0 fully saturated rings. The van der Waals surface area contributed by atoms with Gasteiger partial charge in [-0.3, -0.25) is 5.41 Å². The fraction of sp³-hybridized carbons (Fsp3) is 0.900. The Morgan fingerprint density at radius 1 is 1.08 bits per heavy atom. The second kappa shape index (κ2) is 9.52. The Bertz CT molecular complexity index is 126. The molecule has 0 aliphatic rings. The third kappa shape index (κ3) is 9.34. The van der Waals surface area contributed by atoms with Gasteiger partial charge < -0.3 is 9.47 Å². The molecule has 3 heteroatoms. The molecule has 0 spiro atoms. The van der Waals surface area contributed by atoms with Crippen molar-refractivity contribution in [3.8, 4) is 0 Å². The van der Waals surface area contributed by atoms with E-state index in [0.717, 1.165) is 32.3 Å². The third-order valence-electron chi connectivity index (χ3n) is 1.65. The lowest BCUT2D eigenvalue weighted by atomic mass is 10.4. The Kier molecular flexibility index (Phi) is 9.10. The Morgan fingerprint density at radius 2 is 1.69 bits per heavy atom. The summed E-state index contributed by atoms with van der Waals surface area (Å²) >= 11 is 0. The maximum Gasteiger partial charge on any atom is 0.207 e. The second-order valence-electron chi connectivity index (χ2n) is 3.03. The summed E-state index contributed by atoms with van der Waals surface area (Å²) in [5, 5.41) is 7.36. The van der Waals surface area contributed by atoms with Crippen molar-refractivity contribution < 1.29 is 9.47 Å². The highest BCUT2D eigenvalue weighted by atomic mass is 16.5. The first-order valence-corrected chi connectivity index (χ1v) is 5.09. The molecule has 0 amide bonds. The number of hydrogen-bond donors (Lipinski definition) is 1. The SMILES string of the molecule is CCCCOCC(=N)OCCCC. The van der Waals surface area contributed by atoms with E-state index in [0.29, 0.717) is 13.2 Å². The molecule has 13 heavy (non-hydrogen) atoms. The smallest absolute Gasteiger partial charge is 0.207 e. The summed E-state index contributed by atoms with van der Waals surface area (Å²) in [5.41, 5.74) is 0. The summed E-state index contributed by atoms with van der Waals surface area (Å²) in [7, 11) is 0. The van der Waals surface area contributed by atoms with Gasteiger partial charge >= 0.3 is 0 Å². The number of ether oxygens (including phenoxy) is 2. The molecule has 0 aromatic carbocycles. The summed E-state index contributed by atoms with van der Waals surface area (Å²) in [6.07, 6.45) is 4.30. The summed E-state index contributed by atoms with van der Waals surface area (Å²) in [5.74, 6) is 0.254. The normalized spacial score (nSPS) is 10.0. The van der Waals surface area contributed by atoms with Crippen molar-refractivity contribution in [2.75, 3.05) is 19.8 Å². The molecule has 0 aliphatic carbocycles. The second-order valence-corrected chi connectivity index (χ2v) is 3.03. The zero-order valence-electron chi connectivity index (χ0n) is 8.77. The van der Waals surface area contributed by atoms with Crippen LogP contribution in [0.1, 0.15) is 39.5 Å². The largest absolute Gasteiger partial charge is 0.479 e. The lowest BCUT2D eigenvalue weighted by Crippen LogP contribution is -2.13. The topological polar surface area (TPSA) is 42.3 Å². The van der Waals surface area contributed by atoms with Crippen molar-refractivity contribution in [3.63, 3.8) is 0 Å². The molecule has 0 atom stereocenters. The number of unbranched alkanes of at least 4 members (excludes halogenated alkanes) is 2. The maximum atomic E-state index is 7.36. The van der Waals surface area contributed by atoms with Gasteiger partial charge in [-0.2, -0.15) is 0 Å². The van der Waals surface area contributed by atoms with Crippen LogP contribution in [-0.2, 0) is 9.47 Å². The van der Waals surface area contributed by atoms with E-state index in [1.54, 1.807) is 0 Å². The zero-order chi connectivity index (χ0) is 9.94. The van der Waals surface area contributed by atoms with E-state index in [1.807, 2.05) is 0 Å². The number of hydrogen-bond acceptors (Lipinski definition) is 3. The van der Waals surface area contributed by atoms with Crippen LogP contribution in [-0.4, -0.2) is 25.7 Å². The van der Waals surface area contributed by atoms with Crippen LogP contribution in [0.4, 0.5) is 0 Å². The van der Waals surface area contributed by atoms with Gasteiger partial charge in [0.25, 0.3) is 0 Å². The van der Waals surface area contributed by atoms with Gasteiger partial charge in [-0.05, 0) is 12.8 Å². The first-order chi connectivity index (χ1) is 6.31. The number of rotatable bonds is 8. The van der Waals surface area contributed by atoms with E-state index in [2.05, 4.69) is 13.8 Å². The third-order valence-corrected chi connectivity index (χ3v) is 1.65. The molecule has 0 saturated carbocycles. The summed E-state index contributed by atoms with van der Waals surface area (Å²) in [6.45, 7) is 5.92. The van der Waals surface area contributed by atoms with E-state index in [9.17, 15) is 0 Å². The molecule has 0 heterocycles. The van der Waals surface area contributed by atoms with Crippen LogP contribution in [0.25, 0.3) is 0 Å². The predicted molar refractivity (Wildman–Crippen MR) is 54.3 cm³/mol. The van der Waals surface area contributed by atoms with Gasteiger partial charge in [-0.25, -0.2) is 0 Å². The molecule has 0 saturated heterocycles. The summed E-state index contributed by atoms with van der Waals surface area (Å²) in [6, 6.07) is 0. The Hall–Kier alpha value is -0.570. The van der Waals surface area contributed by atoms with Gasteiger partial charge in [0.15, 0.2) is 0 Å². The molecule has 0 rings (SSSR count). The fourth-order valence-corrected chi connectivity index (χ4v) is 0.793. The molecule has 0 aliphatic heterocycles. The van der Waals surface area contributed by atoms with Gasteiger partial charge in [0, 0.05) is 6.61 Å². The Labute approximate surface area is 80.9 Å². The Balaban J connectivity index is 3.11. The van der Waals surface area contributed by atoms with Crippen LogP contribution in [0.3, 0.4) is 0 Å². The van der Waals surface area contributed by atoms with Crippen LogP contribution in [0.2, 0.25) is 0 Å². The molecule has 1 N–H and O–H groups in total. The summed E-state index contributed by atoms with van der Waals surface area (Å²) in [4.78, 5) is 0. The minimum atomic E-state index is 0.254. The van der Waals surface area contributed by atoms with E-state index >= 15 is 0 Å². The lowest BCUT2D eigenvalue weighted by Gasteiger charge is -2.06. The van der Waals surface area contributed by atoms with Gasteiger partial charge in [0.2, 0.25) is 5.90 Å². The van der Waals surface area contributed by atoms with E-state index < -0.39 is 0 Å². The highest BCUT2D eigenvalue weighted by Crippen LogP contribution is 1.91. The number of nitrogens with one attached hydrogen (secondary N) is 1. The van der Waals surface area contributed by atoms with Gasteiger partial charge in [0.1, 0.15) is 6.61 Å². The molecule has 0 aromatic rings. The highest BCUT2D eigenvalue weighted by Gasteiger charge is 1.96. The maximum absolute atomic E-state index is 7.36. The first-order valence-electron chi connectivity index (χ1n) is 5.09. The zero-order valence-corrected chi connectivity index (χ0v) is 8.77. The van der Waals surface area contributed by atoms with Crippen LogP contribution in [0.5, 0.6) is 0 Å². The fourth-order valence-electron chi connectivity index (χ4n) is 0.793. The average Bonchev–Trinajstić information content (AvgIpc) is 2.13. The molecule has 0 bridgehead atoms. The monoisotopic (exact) mass is 187 g/mol. The van der Waals surface area contributed by atoms with Crippen LogP contribution >= 0.6 is 0 Å². The molecule has 0 radical (unpaired) electrons. The lowest BCUT2D eigenvalue weighted by molar-refractivity contribution is 0.144. The van der Waals surface area contributed by atoms with Gasteiger partial charge in [-0.1, -0.05) is 26.7 Å². The van der Waals surface area contributed by atoms with E-state index in [1.165, 1.54) is 0 Å². The minimum absolute atomic E-state index is 0.254. The predicted octanol–water partition coefficient (Wildman–Crippen LogP) is 2.60. The highest BCUT2D eigenvalue weighted by molar-refractivity contribution is 5.73. The van der Waals surface area contributed by atoms with Crippen molar-refractivity contribution >= 4 is 5.90 Å². The van der Waals surface area contributed by atoms with Crippen molar-refractivity contribution in [1.29, 1.82) is 5.41 Å². The van der Waals surface area contributed by atoms with Gasteiger partial charge in [0.05, 0.1) is 6.61 Å². The van der Waals surface area contributed by atoms with Crippen molar-refractivity contribution in [2.45, 2.75) is 39.5 Å². The molecule has 78 valence electrons. The molecular weight excluding hydrogens is 166 g/mol. The van der Waals surface area contributed by atoms with Crippen LogP contribution in [0, 0.1) is 5.41 Å². The van der Waals surface area contributed by atoms with Crippen molar-refractivity contribution in [3.05, 3.63) is 0 Å². The van der Waals surface area contributed by atoms with Crippen LogP contribution in [0.15, 0.2) is 0 Å². The molecule has 3 nitrogen and oxygen atoms in total. The summed E-state index contributed by atoms with van der Waals surface area (Å²) < 4.78 is 10.3. The van der Waals surface area contributed by atoms with Crippen molar-refractivity contribution in [2.24, 2.45) is 0 Å². The minimum Gasteiger partial charge on any atom is -0.479 e.